The van der Waals surface area contributed by atoms with Gasteiger partial charge in [-0.25, -0.2) is 0 Å². The molecule has 1 heterocycles. The van der Waals surface area contributed by atoms with Gasteiger partial charge in [0.25, 0.3) is 0 Å². The highest BCUT2D eigenvalue weighted by Gasteiger charge is 2.15. The molecule has 0 aromatic rings. The summed E-state index contributed by atoms with van der Waals surface area (Å²) in [7, 11) is 0. The Labute approximate surface area is 84.8 Å². The minimum Gasteiger partial charge on any atom is -0.371 e. The SMILES string of the molecule is CCSC1=CC(Br)=CNC1C#N. The first-order chi connectivity index (χ1) is 5.77. The third-order valence-electron chi connectivity index (χ3n) is 1.39. The van der Waals surface area contributed by atoms with Crippen LogP contribution < -0.4 is 5.32 Å². The van der Waals surface area contributed by atoms with Crippen LogP contribution in [0.25, 0.3) is 0 Å². The number of halogens is 1. The largest absolute Gasteiger partial charge is 0.371 e. The molecule has 0 bridgehead atoms. The zero-order valence-electron chi connectivity index (χ0n) is 6.67. The van der Waals surface area contributed by atoms with E-state index in [0.29, 0.717) is 0 Å². The van der Waals surface area contributed by atoms with Crippen molar-refractivity contribution in [1.29, 1.82) is 5.26 Å². The first-order valence-corrected chi connectivity index (χ1v) is 5.41. The van der Waals surface area contributed by atoms with Crippen molar-refractivity contribution < 1.29 is 0 Å². The van der Waals surface area contributed by atoms with Gasteiger partial charge in [0.05, 0.1) is 6.07 Å². The predicted molar refractivity (Wildman–Crippen MR) is 55.8 cm³/mol. The Morgan fingerprint density at radius 3 is 3.17 bits per heavy atom. The Morgan fingerprint density at radius 1 is 1.83 bits per heavy atom. The molecule has 64 valence electrons. The van der Waals surface area contributed by atoms with E-state index < -0.39 is 0 Å². The van der Waals surface area contributed by atoms with Crippen molar-refractivity contribution in [2.24, 2.45) is 0 Å². The molecule has 0 fully saturated rings. The molecular weight excluding hydrogens is 236 g/mol. The summed E-state index contributed by atoms with van der Waals surface area (Å²) in [6.07, 6.45) is 3.78. The van der Waals surface area contributed by atoms with Gasteiger partial charge in [-0.15, -0.1) is 11.8 Å². The van der Waals surface area contributed by atoms with Crippen molar-refractivity contribution in [2.45, 2.75) is 13.0 Å². The molecule has 4 heteroatoms. The van der Waals surface area contributed by atoms with E-state index in [1.807, 2.05) is 6.08 Å². The molecule has 1 aliphatic heterocycles. The molecule has 0 aliphatic carbocycles. The summed E-state index contributed by atoms with van der Waals surface area (Å²) in [5.41, 5.74) is 0. The maximum atomic E-state index is 8.76. The number of thioether (sulfide) groups is 1. The molecular formula is C8H9BrN2S. The number of allylic oxidation sites excluding steroid dienone is 2. The summed E-state index contributed by atoms with van der Waals surface area (Å²) in [4.78, 5) is 1.08. The van der Waals surface area contributed by atoms with Gasteiger partial charge in [0.15, 0.2) is 0 Å². The molecule has 2 nitrogen and oxygen atoms in total. The number of dihydropyridines is 1. The van der Waals surface area contributed by atoms with Crippen LogP contribution in [0.1, 0.15) is 6.92 Å². The van der Waals surface area contributed by atoms with Crippen molar-refractivity contribution in [1.82, 2.24) is 5.32 Å². The summed E-state index contributed by atoms with van der Waals surface area (Å²) in [6, 6.07) is 2.02. The van der Waals surface area contributed by atoms with E-state index in [1.165, 1.54) is 0 Å². The molecule has 12 heavy (non-hydrogen) atoms. The lowest BCUT2D eigenvalue weighted by Gasteiger charge is -2.17. The number of rotatable bonds is 2. The molecule has 1 N–H and O–H groups in total. The van der Waals surface area contributed by atoms with E-state index in [-0.39, 0.29) is 6.04 Å². The average Bonchev–Trinajstić information content (AvgIpc) is 2.05. The molecule has 1 unspecified atom stereocenters. The highest BCUT2D eigenvalue weighted by Crippen LogP contribution is 2.25. The van der Waals surface area contributed by atoms with Crippen LogP contribution in [0, 0.1) is 11.3 Å². The number of hydrogen-bond acceptors (Lipinski definition) is 3. The van der Waals surface area contributed by atoms with Gasteiger partial charge in [-0.1, -0.05) is 6.92 Å². The maximum absolute atomic E-state index is 8.76. The molecule has 0 amide bonds. The molecule has 0 radical (unpaired) electrons. The molecule has 0 saturated heterocycles. The third kappa shape index (κ3) is 2.29. The quantitative estimate of drug-likeness (QED) is 0.811. The Kier molecular flexibility index (Phi) is 3.70. The lowest BCUT2D eigenvalue weighted by molar-refractivity contribution is 0.828. The van der Waals surface area contributed by atoms with Gasteiger partial charge >= 0.3 is 0 Å². The summed E-state index contributed by atoms with van der Waals surface area (Å²) < 4.78 is 0.991. The van der Waals surface area contributed by atoms with Crippen LogP contribution in [0.4, 0.5) is 0 Å². The van der Waals surface area contributed by atoms with Gasteiger partial charge in [-0.05, 0) is 27.8 Å². The van der Waals surface area contributed by atoms with Crippen molar-refractivity contribution in [2.75, 3.05) is 5.75 Å². The van der Waals surface area contributed by atoms with Crippen LogP contribution in [0.5, 0.6) is 0 Å². The molecule has 0 spiro atoms. The topological polar surface area (TPSA) is 35.8 Å². The smallest absolute Gasteiger partial charge is 0.145 e. The highest BCUT2D eigenvalue weighted by atomic mass is 79.9. The van der Waals surface area contributed by atoms with Crippen LogP contribution in [0.3, 0.4) is 0 Å². The van der Waals surface area contributed by atoms with E-state index in [0.717, 1.165) is 15.1 Å². The van der Waals surface area contributed by atoms with Crippen LogP contribution in [-0.4, -0.2) is 11.8 Å². The molecule has 1 aliphatic rings. The van der Waals surface area contributed by atoms with Gasteiger partial charge in [0, 0.05) is 15.6 Å². The predicted octanol–water partition coefficient (Wildman–Crippen LogP) is 2.36. The number of nitriles is 1. The van der Waals surface area contributed by atoms with Crippen LogP contribution in [0.15, 0.2) is 21.7 Å². The fourth-order valence-electron chi connectivity index (χ4n) is 0.899. The fraction of sp³-hybridized carbons (Fsp3) is 0.375. The normalized spacial score (nSPS) is 21.9. The fourth-order valence-corrected chi connectivity index (χ4v) is 2.26. The highest BCUT2D eigenvalue weighted by molar-refractivity contribution is 9.11. The first kappa shape index (κ1) is 9.69. The monoisotopic (exact) mass is 244 g/mol. The summed E-state index contributed by atoms with van der Waals surface area (Å²) in [6.45, 7) is 2.08. The molecule has 0 aromatic heterocycles. The van der Waals surface area contributed by atoms with Crippen LogP contribution >= 0.6 is 27.7 Å². The second-order valence-electron chi connectivity index (χ2n) is 2.24. The van der Waals surface area contributed by atoms with Crippen molar-refractivity contribution >= 4 is 27.7 Å². The summed E-state index contributed by atoms with van der Waals surface area (Å²) in [5, 5.41) is 11.8. The maximum Gasteiger partial charge on any atom is 0.145 e. The number of hydrogen-bond donors (Lipinski definition) is 1. The molecule has 0 saturated carbocycles. The second-order valence-corrected chi connectivity index (χ2v) is 4.49. The van der Waals surface area contributed by atoms with Crippen LogP contribution in [0.2, 0.25) is 0 Å². The van der Waals surface area contributed by atoms with E-state index >= 15 is 0 Å². The minimum atomic E-state index is -0.170. The van der Waals surface area contributed by atoms with E-state index in [2.05, 4.69) is 34.2 Å². The van der Waals surface area contributed by atoms with Crippen molar-refractivity contribution in [3.05, 3.63) is 21.7 Å². The van der Waals surface area contributed by atoms with Gasteiger partial charge < -0.3 is 5.32 Å². The lowest BCUT2D eigenvalue weighted by Crippen LogP contribution is -2.26. The number of nitrogens with zero attached hydrogens (tertiary/aromatic N) is 1. The third-order valence-corrected chi connectivity index (χ3v) is 2.83. The Bertz CT molecular complexity index is 265. The number of nitrogens with one attached hydrogen (secondary N) is 1. The lowest BCUT2D eigenvalue weighted by atomic mass is 10.2. The average molecular weight is 245 g/mol. The zero-order valence-corrected chi connectivity index (χ0v) is 9.08. The Balaban J connectivity index is 2.75. The standard InChI is InChI=1S/C8H9BrN2S/c1-2-12-8-3-6(9)5-11-7(8)4-10/h3,5,7,11H,2H2,1H3. The molecule has 1 rings (SSSR count). The van der Waals surface area contributed by atoms with E-state index in [9.17, 15) is 0 Å². The van der Waals surface area contributed by atoms with Crippen molar-refractivity contribution in [3.63, 3.8) is 0 Å². The van der Waals surface area contributed by atoms with Gasteiger partial charge in [-0.3, -0.25) is 0 Å². The first-order valence-electron chi connectivity index (χ1n) is 3.63. The van der Waals surface area contributed by atoms with E-state index in [1.54, 1.807) is 18.0 Å². The van der Waals surface area contributed by atoms with Crippen LogP contribution in [-0.2, 0) is 0 Å². The van der Waals surface area contributed by atoms with Gasteiger partial charge in [0.1, 0.15) is 6.04 Å². The Morgan fingerprint density at radius 2 is 2.58 bits per heavy atom. The minimum absolute atomic E-state index is 0.170. The molecule has 0 aromatic carbocycles. The zero-order chi connectivity index (χ0) is 8.97. The van der Waals surface area contributed by atoms with Crippen molar-refractivity contribution in [3.8, 4) is 6.07 Å². The van der Waals surface area contributed by atoms with Gasteiger partial charge in [-0.2, -0.15) is 5.26 Å². The summed E-state index contributed by atoms with van der Waals surface area (Å²) >= 11 is 5.05. The summed E-state index contributed by atoms with van der Waals surface area (Å²) in [5.74, 6) is 0.992. The second kappa shape index (κ2) is 4.58. The Hall–Kier alpha value is -0.400. The van der Waals surface area contributed by atoms with E-state index in [4.69, 9.17) is 5.26 Å². The van der Waals surface area contributed by atoms with Gasteiger partial charge in [0.2, 0.25) is 0 Å². The molecule has 1 atom stereocenters.